The van der Waals surface area contributed by atoms with Crippen LogP contribution >= 0.6 is 0 Å². The van der Waals surface area contributed by atoms with Crippen LogP contribution in [-0.2, 0) is 0 Å². The van der Waals surface area contributed by atoms with Crippen molar-refractivity contribution in [2.24, 2.45) is 11.3 Å². The zero-order chi connectivity index (χ0) is 11.6. The Morgan fingerprint density at radius 1 is 0.929 bits per heavy atom. The van der Waals surface area contributed by atoms with Crippen molar-refractivity contribution in [3.63, 3.8) is 0 Å². The monoisotopic (exact) mass is 208 g/mol. The van der Waals surface area contributed by atoms with E-state index in [4.69, 9.17) is 20.4 Å². The lowest BCUT2D eigenvalue weighted by atomic mass is 9.97. The Kier molecular flexibility index (Phi) is 10.9. The van der Waals surface area contributed by atoms with Gasteiger partial charge in [-0.2, -0.15) is 0 Å². The van der Waals surface area contributed by atoms with E-state index in [0.717, 1.165) is 6.42 Å². The minimum atomic E-state index is -0.306. The Balaban J connectivity index is 0. The average molecular weight is 208 g/mol. The van der Waals surface area contributed by atoms with Crippen LogP contribution in [0.2, 0.25) is 0 Å². The summed E-state index contributed by atoms with van der Waals surface area (Å²) in [6.45, 7) is 5.84. The fourth-order valence-corrected chi connectivity index (χ4v) is 0.366. The van der Waals surface area contributed by atoms with Crippen LogP contribution in [0.4, 0.5) is 0 Å². The molecule has 0 atom stereocenters. The van der Waals surface area contributed by atoms with Crippen molar-refractivity contribution in [1.29, 1.82) is 0 Å². The van der Waals surface area contributed by atoms with Gasteiger partial charge in [-0.15, -0.1) is 0 Å². The van der Waals surface area contributed by atoms with Gasteiger partial charge in [-0.3, -0.25) is 0 Å². The van der Waals surface area contributed by atoms with E-state index in [1.54, 1.807) is 13.8 Å². The first-order valence-electron chi connectivity index (χ1n) is 4.90. The van der Waals surface area contributed by atoms with E-state index in [1.807, 2.05) is 6.92 Å². The molecule has 0 aromatic carbocycles. The van der Waals surface area contributed by atoms with E-state index in [9.17, 15) is 0 Å². The van der Waals surface area contributed by atoms with E-state index in [2.05, 4.69) is 0 Å². The van der Waals surface area contributed by atoms with Crippen molar-refractivity contribution in [3.05, 3.63) is 0 Å². The second kappa shape index (κ2) is 9.40. The number of hydrogen-bond donors (Lipinski definition) is 4. The molecular weight excluding hydrogens is 184 g/mol. The van der Waals surface area contributed by atoms with E-state index in [-0.39, 0.29) is 37.8 Å². The molecule has 0 radical (unpaired) electrons. The molecule has 0 bridgehead atoms. The highest BCUT2D eigenvalue weighted by Gasteiger charge is 2.13. The van der Waals surface area contributed by atoms with Crippen molar-refractivity contribution in [2.75, 3.05) is 26.4 Å². The molecule has 0 rings (SSSR count). The molecule has 0 spiro atoms. The van der Waals surface area contributed by atoms with Gasteiger partial charge >= 0.3 is 0 Å². The smallest absolute Gasteiger partial charge is 0.0504 e. The number of hydrogen-bond acceptors (Lipinski definition) is 4. The molecule has 88 valence electrons. The maximum atomic E-state index is 8.43. The summed E-state index contributed by atoms with van der Waals surface area (Å²) in [6, 6.07) is 0. The predicted molar refractivity (Wildman–Crippen MR) is 55.9 cm³/mol. The molecule has 0 saturated heterocycles. The van der Waals surface area contributed by atoms with Crippen LogP contribution < -0.4 is 0 Å². The SMILES string of the molecule is CC(C)(CO)CO.CCC(CO)CO. The van der Waals surface area contributed by atoms with E-state index in [0.29, 0.717) is 0 Å². The molecule has 14 heavy (non-hydrogen) atoms. The lowest BCUT2D eigenvalue weighted by Crippen LogP contribution is -2.20. The van der Waals surface area contributed by atoms with Gasteiger partial charge in [0.05, 0.1) is 13.2 Å². The highest BCUT2D eigenvalue weighted by Crippen LogP contribution is 2.10. The maximum absolute atomic E-state index is 8.43. The minimum Gasteiger partial charge on any atom is -0.396 e. The zero-order valence-electron chi connectivity index (χ0n) is 9.40. The van der Waals surface area contributed by atoms with Gasteiger partial charge in [-0.25, -0.2) is 0 Å². The summed E-state index contributed by atoms with van der Waals surface area (Å²) in [5.74, 6) is 0.0972. The topological polar surface area (TPSA) is 80.9 Å². The molecule has 0 fully saturated rings. The third kappa shape index (κ3) is 9.92. The van der Waals surface area contributed by atoms with Crippen LogP contribution in [0.1, 0.15) is 27.2 Å². The van der Waals surface area contributed by atoms with E-state index < -0.39 is 0 Å². The molecule has 0 heterocycles. The van der Waals surface area contributed by atoms with Crippen molar-refractivity contribution < 1.29 is 20.4 Å². The van der Waals surface area contributed by atoms with Crippen LogP contribution in [0.15, 0.2) is 0 Å². The Labute approximate surface area is 86.2 Å². The third-order valence-electron chi connectivity index (χ3n) is 1.95. The minimum absolute atomic E-state index is 0.0451. The first-order chi connectivity index (χ1) is 6.47. The Hall–Kier alpha value is -0.160. The number of aliphatic hydroxyl groups excluding tert-OH is 4. The second-order valence-corrected chi connectivity index (χ2v) is 4.12. The fourth-order valence-electron chi connectivity index (χ4n) is 0.366. The molecule has 0 amide bonds. The van der Waals surface area contributed by atoms with Gasteiger partial charge in [0.25, 0.3) is 0 Å². The van der Waals surface area contributed by atoms with Crippen LogP contribution in [0.25, 0.3) is 0 Å². The maximum Gasteiger partial charge on any atom is 0.0504 e. The lowest BCUT2D eigenvalue weighted by Gasteiger charge is -2.16. The van der Waals surface area contributed by atoms with Gasteiger partial charge in [0, 0.05) is 24.5 Å². The van der Waals surface area contributed by atoms with Gasteiger partial charge < -0.3 is 20.4 Å². The van der Waals surface area contributed by atoms with E-state index in [1.165, 1.54) is 0 Å². The normalized spacial score (nSPS) is 11.1. The average Bonchev–Trinajstić information content (AvgIpc) is 2.21. The van der Waals surface area contributed by atoms with Crippen LogP contribution in [0, 0.1) is 11.3 Å². The largest absolute Gasteiger partial charge is 0.396 e. The molecule has 4 heteroatoms. The molecule has 4 nitrogen and oxygen atoms in total. The Bertz CT molecular complexity index is 99.2. The van der Waals surface area contributed by atoms with Crippen LogP contribution in [-0.4, -0.2) is 46.9 Å². The summed E-state index contributed by atoms with van der Waals surface area (Å²) in [4.78, 5) is 0. The standard InChI is InChI=1S/2C5H12O2/c1-5(2,3-6)4-7;1-2-5(3-6)4-7/h6-7H,3-4H2,1-2H3;5-7H,2-4H2,1H3. The first kappa shape index (κ1) is 16.3. The van der Waals surface area contributed by atoms with Gasteiger partial charge in [0.1, 0.15) is 0 Å². The molecule has 0 unspecified atom stereocenters. The number of aliphatic hydroxyl groups is 4. The third-order valence-corrected chi connectivity index (χ3v) is 1.95. The quantitative estimate of drug-likeness (QED) is 0.512. The first-order valence-corrected chi connectivity index (χ1v) is 4.90. The Morgan fingerprint density at radius 2 is 1.29 bits per heavy atom. The van der Waals surface area contributed by atoms with Crippen molar-refractivity contribution in [2.45, 2.75) is 27.2 Å². The number of rotatable bonds is 5. The molecule has 0 aromatic rings. The predicted octanol–water partition coefficient (Wildman–Crippen LogP) is -0.00560. The molecule has 0 aromatic heterocycles. The van der Waals surface area contributed by atoms with E-state index >= 15 is 0 Å². The molecule has 0 saturated carbocycles. The van der Waals surface area contributed by atoms with Gasteiger partial charge in [0.2, 0.25) is 0 Å². The molecule has 0 aliphatic heterocycles. The zero-order valence-corrected chi connectivity index (χ0v) is 9.40. The molecule has 4 N–H and O–H groups in total. The summed E-state index contributed by atoms with van der Waals surface area (Å²) in [6.07, 6.45) is 0.854. The summed E-state index contributed by atoms with van der Waals surface area (Å²) in [5, 5.41) is 33.6. The highest BCUT2D eigenvalue weighted by molar-refractivity contribution is 4.62. The molecule has 0 aliphatic carbocycles. The summed E-state index contributed by atoms with van der Waals surface area (Å²) in [7, 11) is 0. The summed E-state index contributed by atoms with van der Waals surface area (Å²) >= 11 is 0. The van der Waals surface area contributed by atoms with Crippen LogP contribution in [0.5, 0.6) is 0 Å². The molecular formula is C10H24O4. The highest BCUT2D eigenvalue weighted by atomic mass is 16.3. The van der Waals surface area contributed by atoms with Gasteiger partial charge in [-0.05, 0) is 6.42 Å². The second-order valence-electron chi connectivity index (χ2n) is 4.12. The Morgan fingerprint density at radius 3 is 1.29 bits per heavy atom. The fraction of sp³-hybridized carbons (Fsp3) is 1.00. The van der Waals surface area contributed by atoms with Gasteiger partial charge in [-0.1, -0.05) is 20.8 Å². The van der Waals surface area contributed by atoms with Gasteiger partial charge in [0.15, 0.2) is 0 Å². The lowest BCUT2D eigenvalue weighted by molar-refractivity contribution is 0.0857. The van der Waals surface area contributed by atoms with Crippen LogP contribution in [0.3, 0.4) is 0 Å². The van der Waals surface area contributed by atoms with Crippen molar-refractivity contribution in [3.8, 4) is 0 Å². The van der Waals surface area contributed by atoms with Crippen molar-refractivity contribution >= 4 is 0 Å². The summed E-state index contributed by atoms with van der Waals surface area (Å²) in [5.41, 5.74) is -0.306. The molecule has 0 aliphatic rings. The van der Waals surface area contributed by atoms with Crippen molar-refractivity contribution in [1.82, 2.24) is 0 Å². The summed E-state index contributed by atoms with van der Waals surface area (Å²) < 4.78 is 0.